The van der Waals surface area contributed by atoms with Crippen LogP contribution in [0, 0.1) is 10.1 Å². The van der Waals surface area contributed by atoms with Gasteiger partial charge in [-0.15, -0.1) is 0 Å². The fourth-order valence-electron chi connectivity index (χ4n) is 2.83. The van der Waals surface area contributed by atoms with Gasteiger partial charge in [0.1, 0.15) is 0 Å². The number of amides is 1. The molecular formula is C21H18ClN3O5. The summed E-state index contributed by atoms with van der Waals surface area (Å²) in [5.41, 5.74) is 1.06. The number of non-ortho nitro benzene ring substituents is 1. The summed E-state index contributed by atoms with van der Waals surface area (Å²) in [5.74, 6) is -0.469. The van der Waals surface area contributed by atoms with Crippen molar-refractivity contribution in [2.24, 2.45) is 0 Å². The predicted molar refractivity (Wildman–Crippen MR) is 112 cm³/mol. The highest BCUT2D eigenvalue weighted by molar-refractivity contribution is 6.31. The monoisotopic (exact) mass is 427 g/mol. The molecule has 0 spiro atoms. The van der Waals surface area contributed by atoms with Crippen LogP contribution in [0.2, 0.25) is 5.02 Å². The zero-order valence-corrected chi connectivity index (χ0v) is 16.5. The third kappa shape index (κ3) is 5.11. The van der Waals surface area contributed by atoms with E-state index >= 15 is 0 Å². The fraction of sp³-hybridized carbons (Fsp3) is 0.143. The molecule has 1 amide bonds. The summed E-state index contributed by atoms with van der Waals surface area (Å²) in [6.45, 7) is 0.116. The number of carbonyl (C=O) groups excluding carboxylic acids is 1. The van der Waals surface area contributed by atoms with Crippen LogP contribution < -0.4 is 10.9 Å². The summed E-state index contributed by atoms with van der Waals surface area (Å²) >= 11 is 6.14. The van der Waals surface area contributed by atoms with Crippen LogP contribution in [-0.4, -0.2) is 27.0 Å². The summed E-state index contributed by atoms with van der Waals surface area (Å²) in [6.07, 6.45) is 0.392. The number of nitro benzene ring substituents is 1. The Bertz CT molecular complexity index is 1130. The van der Waals surface area contributed by atoms with Gasteiger partial charge in [0.2, 0.25) is 0 Å². The van der Waals surface area contributed by atoms with Crippen molar-refractivity contribution in [1.29, 1.82) is 0 Å². The number of benzene rings is 2. The van der Waals surface area contributed by atoms with Crippen molar-refractivity contribution in [1.82, 2.24) is 9.88 Å². The molecule has 1 atom stereocenters. The second-order valence-corrected chi connectivity index (χ2v) is 6.96. The molecule has 8 nitrogen and oxygen atoms in total. The number of pyridine rings is 1. The minimum Gasteiger partial charge on any atom is -0.387 e. The van der Waals surface area contributed by atoms with Crippen molar-refractivity contribution in [3.63, 3.8) is 0 Å². The maximum atomic E-state index is 12.5. The Labute approximate surface area is 176 Å². The number of nitrogens with one attached hydrogen (secondary N) is 1. The van der Waals surface area contributed by atoms with Gasteiger partial charge in [0.15, 0.2) is 0 Å². The first-order valence-corrected chi connectivity index (χ1v) is 9.37. The molecule has 0 bridgehead atoms. The number of hydrogen-bond donors (Lipinski definition) is 2. The Morgan fingerprint density at radius 1 is 1.13 bits per heavy atom. The average Bonchev–Trinajstić information content (AvgIpc) is 2.75. The van der Waals surface area contributed by atoms with Crippen LogP contribution in [0.4, 0.5) is 5.69 Å². The number of aliphatic hydroxyl groups excluding tert-OH is 1. The van der Waals surface area contributed by atoms with E-state index in [1.165, 1.54) is 47.2 Å². The van der Waals surface area contributed by atoms with Crippen LogP contribution in [0.25, 0.3) is 0 Å². The number of hydrogen-bond acceptors (Lipinski definition) is 5. The first-order valence-electron chi connectivity index (χ1n) is 8.99. The molecule has 30 heavy (non-hydrogen) atoms. The second kappa shape index (κ2) is 9.34. The van der Waals surface area contributed by atoms with Crippen LogP contribution in [0.5, 0.6) is 0 Å². The van der Waals surface area contributed by atoms with Crippen molar-refractivity contribution < 1.29 is 14.8 Å². The number of nitro groups is 1. The van der Waals surface area contributed by atoms with Gasteiger partial charge in [-0.25, -0.2) is 0 Å². The lowest BCUT2D eigenvalue weighted by Gasteiger charge is -2.13. The SMILES string of the molecule is O=C(NCC(O)c1ccc([N+](=O)[O-])cc1)c1ccc(=O)n(Cc2ccccc2Cl)c1. The van der Waals surface area contributed by atoms with Crippen molar-refractivity contribution in [2.75, 3.05) is 6.54 Å². The van der Waals surface area contributed by atoms with Crippen LogP contribution in [0.1, 0.15) is 27.6 Å². The third-order valence-corrected chi connectivity index (χ3v) is 4.86. The largest absolute Gasteiger partial charge is 0.387 e. The number of nitrogens with zero attached hydrogens (tertiary/aromatic N) is 2. The van der Waals surface area contributed by atoms with Gasteiger partial charge in [-0.3, -0.25) is 19.7 Å². The molecule has 3 rings (SSSR count). The molecule has 9 heteroatoms. The van der Waals surface area contributed by atoms with Crippen LogP contribution in [-0.2, 0) is 6.54 Å². The van der Waals surface area contributed by atoms with Gasteiger partial charge in [-0.05, 0) is 35.4 Å². The van der Waals surface area contributed by atoms with Crippen molar-refractivity contribution >= 4 is 23.2 Å². The smallest absolute Gasteiger partial charge is 0.269 e. The molecule has 3 aromatic rings. The van der Waals surface area contributed by atoms with E-state index in [1.807, 2.05) is 6.07 Å². The standard InChI is InChI=1S/C21H18ClN3O5/c22-18-4-2-1-3-15(18)12-24-13-16(7-10-20(24)27)21(28)23-11-19(26)14-5-8-17(9-6-14)25(29)30/h1-10,13,19,26H,11-12H2,(H,23,28). The molecule has 1 unspecified atom stereocenters. The normalized spacial score (nSPS) is 11.7. The summed E-state index contributed by atoms with van der Waals surface area (Å²) in [6, 6.07) is 15.2. The molecule has 0 aliphatic heterocycles. The Kier molecular flexibility index (Phi) is 6.61. The molecule has 2 aromatic carbocycles. The van der Waals surface area contributed by atoms with Gasteiger partial charge in [0.25, 0.3) is 17.2 Å². The van der Waals surface area contributed by atoms with Gasteiger partial charge < -0.3 is 15.0 Å². The van der Waals surface area contributed by atoms with E-state index in [-0.39, 0.29) is 29.9 Å². The highest BCUT2D eigenvalue weighted by Crippen LogP contribution is 2.18. The lowest BCUT2D eigenvalue weighted by atomic mass is 10.1. The number of carbonyl (C=O) groups is 1. The van der Waals surface area contributed by atoms with Crippen LogP contribution >= 0.6 is 11.6 Å². The zero-order chi connectivity index (χ0) is 21.7. The Morgan fingerprint density at radius 2 is 1.83 bits per heavy atom. The molecule has 0 saturated heterocycles. The lowest BCUT2D eigenvalue weighted by molar-refractivity contribution is -0.384. The van der Waals surface area contributed by atoms with Gasteiger partial charge >= 0.3 is 0 Å². The van der Waals surface area contributed by atoms with E-state index in [1.54, 1.807) is 18.2 Å². The van der Waals surface area contributed by atoms with Gasteiger partial charge in [-0.2, -0.15) is 0 Å². The molecule has 154 valence electrons. The van der Waals surface area contributed by atoms with E-state index in [0.717, 1.165) is 5.56 Å². The van der Waals surface area contributed by atoms with Crippen LogP contribution in [0.15, 0.2) is 71.7 Å². The lowest BCUT2D eigenvalue weighted by Crippen LogP contribution is -2.30. The molecular weight excluding hydrogens is 410 g/mol. The van der Waals surface area contributed by atoms with E-state index in [4.69, 9.17) is 11.6 Å². The maximum absolute atomic E-state index is 12.5. The molecule has 2 N–H and O–H groups in total. The predicted octanol–water partition coefficient (Wildman–Crippen LogP) is 2.92. The quantitative estimate of drug-likeness (QED) is 0.444. The first-order chi connectivity index (χ1) is 14.3. The second-order valence-electron chi connectivity index (χ2n) is 6.55. The summed E-state index contributed by atoms with van der Waals surface area (Å²) in [7, 11) is 0. The van der Waals surface area contributed by atoms with Gasteiger partial charge in [-0.1, -0.05) is 29.8 Å². The highest BCUT2D eigenvalue weighted by atomic mass is 35.5. The van der Waals surface area contributed by atoms with Gasteiger partial charge in [0, 0.05) is 36.0 Å². The van der Waals surface area contributed by atoms with Crippen molar-refractivity contribution in [2.45, 2.75) is 12.6 Å². The van der Waals surface area contributed by atoms with E-state index in [0.29, 0.717) is 10.6 Å². The summed E-state index contributed by atoms with van der Waals surface area (Å²) < 4.78 is 1.38. The molecule has 0 fully saturated rings. The Morgan fingerprint density at radius 3 is 2.50 bits per heavy atom. The van der Waals surface area contributed by atoms with E-state index in [9.17, 15) is 24.8 Å². The number of aromatic nitrogens is 1. The third-order valence-electron chi connectivity index (χ3n) is 4.49. The minimum atomic E-state index is -1.04. The van der Waals surface area contributed by atoms with E-state index < -0.39 is 16.9 Å². The average molecular weight is 428 g/mol. The molecule has 0 saturated carbocycles. The Balaban J connectivity index is 1.67. The molecule has 0 aliphatic rings. The first kappa shape index (κ1) is 21.2. The van der Waals surface area contributed by atoms with Crippen molar-refractivity contribution in [3.8, 4) is 0 Å². The van der Waals surface area contributed by atoms with E-state index in [2.05, 4.69) is 5.32 Å². The number of rotatable bonds is 7. The molecule has 0 radical (unpaired) electrons. The highest BCUT2D eigenvalue weighted by Gasteiger charge is 2.14. The maximum Gasteiger partial charge on any atom is 0.269 e. The van der Waals surface area contributed by atoms with Crippen molar-refractivity contribution in [3.05, 3.63) is 109 Å². The summed E-state index contributed by atoms with van der Waals surface area (Å²) in [5, 5.41) is 24.0. The molecule has 1 aromatic heterocycles. The fourth-order valence-corrected chi connectivity index (χ4v) is 3.02. The number of halogens is 1. The van der Waals surface area contributed by atoms with Gasteiger partial charge in [0.05, 0.1) is 23.1 Å². The molecule has 1 heterocycles. The minimum absolute atomic E-state index is 0.0873. The summed E-state index contributed by atoms with van der Waals surface area (Å²) in [4.78, 5) is 34.8. The Hall–Kier alpha value is -3.49. The van der Waals surface area contributed by atoms with Crippen LogP contribution in [0.3, 0.4) is 0 Å². The zero-order valence-electron chi connectivity index (χ0n) is 15.7. The topological polar surface area (TPSA) is 114 Å². The molecule has 0 aliphatic carbocycles. The number of aliphatic hydroxyl groups is 1.